The van der Waals surface area contributed by atoms with E-state index < -0.39 is 0 Å². The highest BCUT2D eigenvalue weighted by atomic mass is 127. The van der Waals surface area contributed by atoms with Gasteiger partial charge in [0.25, 0.3) is 0 Å². The normalized spacial score (nSPS) is 12.6. The molecule has 1 heterocycles. The predicted molar refractivity (Wildman–Crippen MR) is 112 cm³/mol. The number of hydrogen-bond donors (Lipinski definition) is 2. The number of nitrogens with zero attached hydrogens (tertiary/aromatic N) is 4. The minimum Gasteiger partial charge on any atom is -0.357 e. The third-order valence-corrected chi connectivity index (χ3v) is 3.95. The van der Waals surface area contributed by atoms with E-state index in [1.807, 2.05) is 7.05 Å². The van der Waals surface area contributed by atoms with Gasteiger partial charge in [0.05, 0.1) is 0 Å². The molecular formula is C17H35IN6. The standard InChI is InChI=1S/C17H34N6.HI/c1-5-7-8-9-10-11-15(3)12-19-17(18-6-2)20-13-16-21-14-22-23(16)4;/h14-15H,5-13H2,1-4H3,(H2,18,19,20);1H. The monoisotopic (exact) mass is 450 g/mol. The van der Waals surface area contributed by atoms with Crippen molar-refractivity contribution in [2.45, 2.75) is 65.8 Å². The molecule has 0 aromatic carbocycles. The molecule has 0 saturated carbocycles. The Morgan fingerprint density at radius 3 is 2.58 bits per heavy atom. The minimum atomic E-state index is 0. The summed E-state index contributed by atoms with van der Waals surface area (Å²) in [4.78, 5) is 8.78. The number of rotatable bonds is 11. The molecule has 24 heavy (non-hydrogen) atoms. The maximum Gasteiger partial charge on any atom is 0.191 e. The van der Waals surface area contributed by atoms with Crippen LogP contribution in [0.15, 0.2) is 11.3 Å². The van der Waals surface area contributed by atoms with Crippen LogP contribution in [0.5, 0.6) is 0 Å². The molecule has 0 bridgehead atoms. The maximum atomic E-state index is 4.58. The van der Waals surface area contributed by atoms with Gasteiger partial charge >= 0.3 is 0 Å². The molecular weight excluding hydrogens is 415 g/mol. The molecule has 0 fully saturated rings. The zero-order valence-electron chi connectivity index (χ0n) is 15.7. The lowest BCUT2D eigenvalue weighted by Gasteiger charge is -2.15. The van der Waals surface area contributed by atoms with Crippen LogP contribution in [0.1, 0.15) is 65.1 Å². The van der Waals surface area contributed by atoms with Gasteiger partial charge in [-0.1, -0.05) is 46.0 Å². The fourth-order valence-corrected chi connectivity index (χ4v) is 2.42. The van der Waals surface area contributed by atoms with E-state index in [2.05, 4.69) is 46.5 Å². The van der Waals surface area contributed by atoms with E-state index in [9.17, 15) is 0 Å². The van der Waals surface area contributed by atoms with E-state index in [-0.39, 0.29) is 24.0 Å². The van der Waals surface area contributed by atoms with Crippen LogP contribution in [0.2, 0.25) is 0 Å². The van der Waals surface area contributed by atoms with Crippen molar-refractivity contribution in [2.75, 3.05) is 13.1 Å². The van der Waals surface area contributed by atoms with Gasteiger partial charge in [-0.3, -0.25) is 4.68 Å². The lowest BCUT2D eigenvalue weighted by atomic mass is 10.0. The lowest BCUT2D eigenvalue weighted by molar-refractivity contribution is 0.477. The van der Waals surface area contributed by atoms with E-state index in [4.69, 9.17) is 0 Å². The van der Waals surface area contributed by atoms with Gasteiger partial charge in [-0.2, -0.15) is 5.10 Å². The molecule has 1 aromatic heterocycles. The second-order valence-corrected chi connectivity index (χ2v) is 6.18. The first-order valence-electron chi connectivity index (χ1n) is 9.02. The number of guanidine groups is 1. The number of hydrogen-bond acceptors (Lipinski definition) is 3. The summed E-state index contributed by atoms with van der Waals surface area (Å²) in [5.41, 5.74) is 0. The summed E-state index contributed by atoms with van der Waals surface area (Å²) in [6.07, 6.45) is 9.58. The number of aliphatic imine (C=N–C) groups is 1. The van der Waals surface area contributed by atoms with Crippen molar-refractivity contribution in [3.63, 3.8) is 0 Å². The molecule has 1 rings (SSSR count). The van der Waals surface area contributed by atoms with Gasteiger partial charge in [0.1, 0.15) is 18.7 Å². The molecule has 0 aliphatic carbocycles. The van der Waals surface area contributed by atoms with Crippen molar-refractivity contribution in [3.8, 4) is 0 Å². The number of nitrogens with one attached hydrogen (secondary N) is 2. The minimum absolute atomic E-state index is 0. The summed E-state index contributed by atoms with van der Waals surface area (Å²) in [6.45, 7) is 9.00. The molecule has 1 aromatic rings. The van der Waals surface area contributed by atoms with Crippen LogP contribution in [0, 0.1) is 5.92 Å². The molecule has 0 aliphatic heterocycles. The summed E-state index contributed by atoms with van der Waals surface area (Å²) < 4.78 is 1.76. The third-order valence-electron chi connectivity index (χ3n) is 3.95. The maximum absolute atomic E-state index is 4.58. The van der Waals surface area contributed by atoms with E-state index in [0.717, 1.165) is 24.9 Å². The molecule has 1 unspecified atom stereocenters. The Labute approximate surface area is 164 Å². The molecule has 6 nitrogen and oxygen atoms in total. The molecule has 0 radical (unpaired) electrons. The quantitative estimate of drug-likeness (QED) is 0.235. The Bertz CT molecular complexity index is 446. The van der Waals surface area contributed by atoms with E-state index in [1.54, 1.807) is 11.0 Å². The van der Waals surface area contributed by atoms with Gasteiger partial charge in [-0.05, 0) is 19.3 Å². The molecule has 7 heteroatoms. The zero-order valence-corrected chi connectivity index (χ0v) is 18.0. The highest BCUT2D eigenvalue weighted by Gasteiger charge is 2.05. The van der Waals surface area contributed by atoms with Crippen LogP contribution in [0.3, 0.4) is 0 Å². The van der Waals surface area contributed by atoms with E-state index in [0.29, 0.717) is 12.5 Å². The van der Waals surface area contributed by atoms with Crippen molar-refractivity contribution in [3.05, 3.63) is 12.2 Å². The third kappa shape index (κ3) is 10.1. The molecule has 0 saturated heterocycles. The Morgan fingerprint density at radius 1 is 1.21 bits per heavy atom. The van der Waals surface area contributed by atoms with Crippen molar-refractivity contribution in [2.24, 2.45) is 18.0 Å². The van der Waals surface area contributed by atoms with Gasteiger partial charge in [0, 0.05) is 20.1 Å². The summed E-state index contributed by atoms with van der Waals surface area (Å²) in [5.74, 6) is 2.38. The highest BCUT2D eigenvalue weighted by molar-refractivity contribution is 14.0. The highest BCUT2D eigenvalue weighted by Crippen LogP contribution is 2.10. The molecule has 1 atom stereocenters. The largest absolute Gasteiger partial charge is 0.357 e. The van der Waals surface area contributed by atoms with Crippen LogP contribution < -0.4 is 10.6 Å². The fourth-order valence-electron chi connectivity index (χ4n) is 2.42. The zero-order chi connectivity index (χ0) is 16.9. The van der Waals surface area contributed by atoms with Gasteiger partial charge in [-0.15, -0.1) is 24.0 Å². The van der Waals surface area contributed by atoms with Crippen LogP contribution in [-0.4, -0.2) is 33.8 Å². The van der Waals surface area contributed by atoms with Crippen LogP contribution in [0.4, 0.5) is 0 Å². The first-order valence-corrected chi connectivity index (χ1v) is 9.02. The predicted octanol–water partition coefficient (Wildman–Crippen LogP) is 3.48. The van der Waals surface area contributed by atoms with Gasteiger partial charge < -0.3 is 10.6 Å². The molecule has 0 spiro atoms. The summed E-state index contributed by atoms with van der Waals surface area (Å²) in [7, 11) is 1.89. The lowest BCUT2D eigenvalue weighted by Crippen LogP contribution is -2.39. The molecule has 0 aliphatic rings. The Hall–Kier alpha value is -0.860. The SMILES string of the molecule is CCCCCCCC(C)CNC(=NCc1ncnn1C)NCC.I. The van der Waals surface area contributed by atoms with Crippen LogP contribution in [-0.2, 0) is 13.6 Å². The number of aryl methyl sites for hydroxylation is 1. The average molecular weight is 450 g/mol. The second-order valence-electron chi connectivity index (χ2n) is 6.18. The molecule has 140 valence electrons. The molecule has 0 amide bonds. The molecule has 2 N–H and O–H groups in total. The number of aromatic nitrogens is 3. The second kappa shape index (κ2) is 14.5. The summed E-state index contributed by atoms with van der Waals surface area (Å²) >= 11 is 0. The van der Waals surface area contributed by atoms with Crippen molar-refractivity contribution >= 4 is 29.9 Å². The smallest absolute Gasteiger partial charge is 0.191 e. The first kappa shape index (κ1) is 23.1. The average Bonchev–Trinajstić information content (AvgIpc) is 2.95. The number of unbranched alkanes of at least 4 members (excludes halogenated alkanes) is 4. The van der Waals surface area contributed by atoms with Gasteiger partial charge in [0.2, 0.25) is 0 Å². The van der Waals surface area contributed by atoms with Crippen LogP contribution >= 0.6 is 24.0 Å². The Morgan fingerprint density at radius 2 is 1.96 bits per heavy atom. The van der Waals surface area contributed by atoms with E-state index in [1.165, 1.54) is 38.5 Å². The van der Waals surface area contributed by atoms with Crippen molar-refractivity contribution < 1.29 is 0 Å². The van der Waals surface area contributed by atoms with Gasteiger partial charge in [0.15, 0.2) is 5.96 Å². The van der Waals surface area contributed by atoms with Crippen molar-refractivity contribution in [1.29, 1.82) is 0 Å². The van der Waals surface area contributed by atoms with Crippen LogP contribution in [0.25, 0.3) is 0 Å². The summed E-state index contributed by atoms with van der Waals surface area (Å²) in [5, 5.41) is 10.8. The summed E-state index contributed by atoms with van der Waals surface area (Å²) in [6, 6.07) is 0. The van der Waals surface area contributed by atoms with Crippen molar-refractivity contribution in [1.82, 2.24) is 25.4 Å². The Balaban J connectivity index is 0.00000529. The van der Waals surface area contributed by atoms with Gasteiger partial charge in [-0.25, -0.2) is 9.98 Å². The number of halogens is 1. The first-order chi connectivity index (χ1) is 11.2. The Kier molecular flexibility index (Phi) is 14.0. The fraction of sp³-hybridized carbons (Fsp3) is 0.824. The topological polar surface area (TPSA) is 67.1 Å². The van der Waals surface area contributed by atoms with E-state index >= 15 is 0 Å².